The molecule has 19 heavy (non-hydrogen) atoms. The molecular formula is C14H22N4O. The second kappa shape index (κ2) is 7.21. The lowest BCUT2D eigenvalue weighted by atomic mass is 9.96. The van der Waals surface area contributed by atoms with Crippen molar-refractivity contribution in [1.29, 1.82) is 0 Å². The standard InChI is InChI=1S/C14H22N4O/c15-6-10-18-8-4-12(5-9-18)14(19)17-11-13-3-1-2-7-16-13/h1-3,7,12H,4-6,8-11,15H2,(H,17,19). The number of carbonyl (C=O) groups excluding carboxylic acids is 1. The molecule has 2 heterocycles. The lowest BCUT2D eigenvalue weighted by Gasteiger charge is -2.30. The zero-order valence-electron chi connectivity index (χ0n) is 11.2. The van der Waals surface area contributed by atoms with Crippen LogP contribution in [0.2, 0.25) is 0 Å². The first-order valence-electron chi connectivity index (χ1n) is 6.89. The van der Waals surface area contributed by atoms with Crippen LogP contribution >= 0.6 is 0 Å². The summed E-state index contributed by atoms with van der Waals surface area (Å²) < 4.78 is 0. The third-order valence-corrected chi connectivity index (χ3v) is 3.57. The molecule has 1 fully saturated rings. The lowest BCUT2D eigenvalue weighted by Crippen LogP contribution is -2.42. The van der Waals surface area contributed by atoms with Crippen LogP contribution in [0.3, 0.4) is 0 Å². The summed E-state index contributed by atoms with van der Waals surface area (Å²) in [7, 11) is 0. The Bertz CT molecular complexity index is 388. The molecule has 2 rings (SSSR count). The number of nitrogens with zero attached hydrogens (tertiary/aromatic N) is 2. The van der Waals surface area contributed by atoms with Gasteiger partial charge in [-0.3, -0.25) is 9.78 Å². The van der Waals surface area contributed by atoms with Crippen LogP contribution in [0.1, 0.15) is 18.5 Å². The topological polar surface area (TPSA) is 71.2 Å². The van der Waals surface area contributed by atoms with E-state index in [-0.39, 0.29) is 11.8 Å². The molecule has 1 aliphatic heterocycles. The molecule has 0 unspecified atom stereocenters. The van der Waals surface area contributed by atoms with Crippen LogP contribution in [0.4, 0.5) is 0 Å². The van der Waals surface area contributed by atoms with Crippen molar-refractivity contribution in [1.82, 2.24) is 15.2 Å². The Morgan fingerprint density at radius 2 is 2.21 bits per heavy atom. The number of hydrogen-bond acceptors (Lipinski definition) is 4. The Morgan fingerprint density at radius 3 is 2.84 bits per heavy atom. The Hall–Kier alpha value is -1.46. The SMILES string of the molecule is NCCN1CCC(C(=O)NCc2ccccn2)CC1. The number of carbonyl (C=O) groups is 1. The molecule has 0 bridgehead atoms. The molecule has 5 nitrogen and oxygen atoms in total. The van der Waals surface area contributed by atoms with Gasteiger partial charge in [-0.25, -0.2) is 0 Å². The fourth-order valence-electron chi connectivity index (χ4n) is 2.43. The molecule has 0 radical (unpaired) electrons. The molecule has 1 aromatic rings. The average Bonchev–Trinajstić information content (AvgIpc) is 2.47. The Labute approximate surface area is 114 Å². The molecule has 0 spiro atoms. The molecule has 1 aliphatic rings. The van der Waals surface area contributed by atoms with E-state index < -0.39 is 0 Å². The molecule has 0 aliphatic carbocycles. The second-order valence-corrected chi connectivity index (χ2v) is 4.94. The number of pyridine rings is 1. The third kappa shape index (κ3) is 4.29. The number of amides is 1. The minimum absolute atomic E-state index is 0.137. The van der Waals surface area contributed by atoms with Gasteiger partial charge in [0.1, 0.15) is 0 Å². The monoisotopic (exact) mass is 262 g/mol. The Kier molecular flexibility index (Phi) is 5.30. The largest absolute Gasteiger partial charge is 0.350 e. The zero-order chi connectivity index (χ0) is 13.5. The molecular weight excluding hydrogens is 240 g/mol. The summed E-state index contributed by atoms with van der Waals surface area (Å²) >= 11 is 0. The molecule has 1 saturated heterocycles. The van der Waals surface area contributed by atoms with Gasteiger partial charge in [-0.15, -0.1) is 0 Å². The number of nitrogens with two attached hydrogens (primary N) is 1. The first-order valence-corrected chi connectivity index (χ1v) is 6.89. The molecule has 5 heteroatoms. The van der Waals surface area contributed by atoms with Gasteiger partial charge in [-0.1, -0.05) is 6.07 Å². The van der Waals surface area contributed by atoms with Crippen molar-refractivity contribution in [3.05, 3.63) is 30.1 Å². The lowest BCUT2D eigenvalue weighted by molar-refractivity contribution is -0.126. The van der Waals surface area contributed by atoms with Crippen molar-refractivity contribution in [2.45, 2.75) is 19.4 Å². The Morgan fingerprint density at radius 1 is 1.42 bits per heavy atom. The summed E-state index contributed by atoms with van der Waals surface area (Å²) in [5, 5.41) is 2.97. The van der Waals surface area contributed by atoms with Gasteiger partial charge in [-0.2, -0.15) is 0 Å². The van der Waals surface area contributed by atoms with Crippen LogP contribution in [0, 0.1) is 5.92 Å². The molecule has 104 valence electrons. The third-order valence-electron chi connectivity index (χ3n) is 3.57. The van der Waals surface area contributed by atoms with Crippen LogP contribution in [0.15, 0.2) is 24.4 Å². The maximum absolute atomic E-state index is 12.1. The van der Waals surface area contributed by atoms with Gasteiger partial charge in [0.05, 0.1) is 12.2 Å². The van der Waals surface area contributed by atoms with Crippen molar-refractivity contribution in [2.75, 3.05) is 26.2 Å². The van der Waals surface area contributed by atoms with E-state index in [0.717, 1.165) is 38.2 Å². The normalized spacial score (nSPS) is 17.3. The van der Waals surface area contributed by atoms with E-state index in [1.54, 1.807) is 6.20 Å². The van der Waals surface area contributed by atoms with Gasteiger partial charge in [0.2, 0.25) is 5.91 Å². The fraction of sp³-hybridized carbons (Fsp3) is 0.571. The van der Waals surface area contributed by atoms with Crippen LogP contribution in [0.25, 0.3) is 0 Å². The maximum Gasteiger partial charge on any atom is 0.223 e. The molecule has 0 aromatic carbocycles. The van der Waals surface area contributed by atoms with E-state index >= 15 is 0 Å². The van der Waals surface area contributed by atoms with Crippen molar-refractivity contribution in [3.8, 4) is 0 Å². The van der Waals surface area contributed by atoms with Gasteiger partial charge < -0.3 is 16.0 Å². The van der Waals surface area contributed by atoms with Crippen molar-refractivity contribution in [2.24, 2.45) is 11.7 Å². The predicted octanol–water partition coefficient (Wildman–Crippen LogP) is 0.369. The van der Waals surface area contributed by atoms with Gasteiger partial charge in [0.25, 0.3) is 0 Å². The van der Waals surface area contributed by atoms with E-state index in [0.29, 0.717) is 13.1 Å². The van der Waals surface area contributed by atoms with Gasteiger partial charge in [0, 0.05) is 25.2 Å². The number of piperidine rings is 1. The van der Waals surface area contributed by atoms with E-state index in [4.69, 9.17) is 5.73 Å². The van der Waals surface area contributed by atoms with Crippen molar-refractivity contribution < 1.29 is 4.79 Å². The average molecular weight is 262 g/mol. The van der Waals surface area contributed by atoms with Crippen molar-refractivity contribution in [3.63, 3.8) is 0 Å². The number of likely N-dealkylation sites (tertiary alicyclic amines) is 1. The van der Waals surface area contributed by atoms with E-state index in [9.17, 15) is 4.79 Å². The second-order valence-electron chi connectivity index (χ2n) is 4.94. The van der Waals surface area contributed by atoms with Crippen LogP contribution in [-0.4, -0.2) is 42.0 Å². The van der Waals surface area contributed by atoms with E-state index in [1.165, 1.54) is 0 Å². The molecule has 3 N–H and O–H groups in total. The van der Waals surface area contributed by atoms with Crippen LogP contribution < -0.4 is 11.1 Å². The molecule has 1 amide bonds. The maximum atomic E-state index is 12.1. The summed E-state index contributed by atoms with van der Waals surface area (Å²) in [5.41, 5.74) is 6.44. The summed E-state index contributed by atoms with van der Waals surface area (Å²) in [6, 6.07) is 5.72. The van der Waals surface area contributed by atoms with Gasteiger partial charge >= 0.3 is 0 Å². The smallest absolute Gasteiger partial charge is 0.223 e. The minimum Gasteiger partial charge on any atom is -0.350 e. The zero-order valence-corrected chi connectivity index (χ0v) is 11.2. The number of nitrogens with one attached hydrogen (secondary N) is 1. The van der Waals surface area contributed by atoms with E-state index in [1.807, 2.05) is 18.2 Å². The van der Waals surface area contributed by atoms with Crippen LogP contribution in [-0.2, 0) is 11.3 Å². The quantitative estimate of drug-likeness (QED) is 0.804. The van der Waals surface area contributed by atoms with Crippen molar-refractivity contribution >= 4 is 5.91 Å². The first-order chi connectivity index (χ1) is 9.29. The summed E-state index contributed by atoms with van der Waals surface area (Å²) in [6.45, 7) is 4.08. The van der Waals surface area contributed by atoms with Crippen LogP contribution in [0.5, 0.6) is 0 Å². The summed E-state index contributed by atoms with van der Waals surface area (Å²) in [4.78, 5) is 18.6. The highest BCUT2D eigenvalue weighted by Gasteiger charge is 2.24. The highest BCUT2D eigenvalue weighted by molar-refractivity contribution is 5.78. The molecule has 1 aromatic heterocycles. The summed E-state index contributed by atoms with van der Waals surface area (Å²) in [5.74, 6) is 0.288. The fourth-order valence-corrected chi connectivity index (χ4v) is 2.43. The molecule has 0 atom stereocenters. The predicted molar refractivity (Wildman–Crippen MR) is 74.3 cm³/mol. The van der Waals surface area contributed by atoms with Gasteiger partial charge in [0.15, 0.2) is 0 Å². The number of aromatic nitrogens is 1. The highest BCUT2D eigenvalue weighted by Crippen LogP contribution is 2.16. The van der Waals surface area contributed by atoms with Gasteiger partial charge in [-0.05, 0) is 38.1 Å². The number of hydrogen-bond donors (Lipinski definition) is 2. The Balaban J connectivity index is 1.73. The first kappa shape index (κ1) is 14.0. The molecule has 0 saturated carbocycles. The summed E-state index contributed by atoms with van der Waals surface area (Å²) in [6.07, 6.45) is 3.59. The van der Waals surface area contributed by atoms with E-state index in [2.05, 4.69) is 15.2 Å². The number of rotatable bonds is 5. The minimum atomic E-state index is 0.137. The highest BCUT2D eigenvalue weighted by atomic mass is 16.1.